The van der Waals surface area contributed by atoms with Crippen molar-refractivity contribution < 1.29 is 0 Å². The Kier molecular flexibility index (Phi) is 7.61. The van der Waals surface area contributed by atoms with Gasteiger partial charge in [0.05, 0.1) is 0 Å². The highest BCUT2D eigenvalue weighted by Crippen LogP contribution is 1.73. The van der Waals surface area contributed by atoms with E-state index >= 15 is 0 Å². The molecule has 0 atom stereocenters. The number of aromatic nitrogens is 1. The summed E-state index contributed by atoms with van der Waals surface area (Å²) < 4.78 is 0. The highest BCUT2D eigenvalue weighted by Gasteiger charge is 1.58. The molecule has 0 amide bonds. The smallest absolute Gasteiger partial charge is 0.0267 e. The lowest BCUT2D eigenvalue weighted by atomic mass is 10.5. The third-order valence-electron chi connectivity index (χ3n) is 0.696. The predicted molar refractivity (Wildman–Crippen MR) is 48.3 cm³/mol. The minimum absolute atomic E-state index is 0.778. The van der Waals surface area contributed by atoms with E-state index in [9.17, 15) is 0 Å². The van der Waals surface area contributed by atoms with Crippen LogP contribution in [0.1, 0.15) is 0 Å². The highest BCUT2D eigenvalue weighted by molar-refractivity contribution is 7.80. The van der Waals surface area contributed by atoms with Crippen molar-refractivity contribution in [2.45, 2.75) is 0 Å². The summed E-state index contributed by atoms with van der Waals surface area (Å²) in [5.41, 5.74) is 0. The lowest BCUT2D eigenvalue weighted by Gasteiger charge is -1.70. The van der Waals surface area contributed by atoms with Crippen LogP contribution in [0, 0.1) is 0 Å². The van der Waals surface area contributed by atoms with Crippen LogP contribution in [0.4, 0.5) is 0 Å². The predicted octanol–water partition coefficient (Wildman–Crippen LogP) is 2.18. The van der Waals surface area contributed by atoms with Crippen molar-refractivity contribution in [3.8, 4) is 0 Å². The van der Waals surface area contributed by atoms with E-state index in [1.165, 1.54) is 0 Å². The monoisotopic (exact) mass is 153 g/mol. The van der Waals surface area contributed by atoms with Crippen LogP contribution in [0.2, 0.25) is 0 Å². The van der Waals surface area contributed by atoms with E-state index in [2.05, 4.69) is 24.2 Å². The topological polar surface area (TPSA) is 12.9 Å². The highest BCUT2D eigenvalue weighted by atomic mass is 32.1. The average molecular weight is 153 g/mol. The first-order valence-corrected chi connectivity index (χ1v) is 3.61. The maximum Gasteiger partial charge on any atom is 0.0267 e. The molecule has 1 rings (SSSR count). The minimum Gasteiger partial charge on any atom is -0.265 e. The summed E-state index contributed by atoms with van der Waals surface area (Å²) in [6.45, 7) is 3.40. The Morgan fingerprint density at radius 1 is 1.30 bits per heavy atom. The van der Waals surface area contributed by atoms with Crippen LogP contribution in [-0.4, -0.2) is 10.7 Å². The van der Waals surface area contributed by atoms with Gasteiger partial charge in [0.25, 0.3) is 0 Å². The molecule has 0 spiro atoms. The molecule has 1 nitrogen and oxygen atoms in total. The van der Waals surface area contributed by atoms with Gasteiger partial charge in [-0.3, -0.25) is 4.98 Å². The summed E-state index contributed by atoms with van der Waals surface area (Å²) in [5, 5.41) is 0. The van der Waals surface area contributed by atoms with Gasteiger partial charge in [-0.2, -0.15) is 12.6 Å². The zero-order valence-corrected chi connectivity index (χ0v) is 6.67. The molecule has 0 N–H and O–H groups in total. The van der Waals surface area contributed by atoms with Crippen molar-refractivity contribution in [2.24, 2.45) is 0 Å². The van der Waals surface area contributed by atoms with Gasteiger partial charge >= 0.3 is 0 Å². The first-order chi connectivity index (χ1) is 4.91. The quantitative estimate of drug-likeness (QED) is 0.482. The number of thiol groups is 1. The molecule has 1 aromatic rings. The van der Waals surface area contributed by atoms with E-state index in [0.29, 0.717) is 0 Å². The van der Waals surface area contributed by atoms with E-state index in [1.807, 2.05) is 18.2 Å². The zero-order chi connectivity index (χ0) is 7.66. The lowest BCUT2D eigenvalue weighted by molar-refractivity contribution is 1.33. The van der Waals surface area contributed by atoms with Gasteiger partial charge in [-0.25, -0.2) is 0 Å². The summed E-state index contributed by atoms with van der Waals surface area (Å²) in [6.07, 6.45) is 5.24. The van der Waals surface area contributed by atoms with E-state index in [1.54, 1.807) is 18.5 Å². The van der Waals surface area contributed by atoms with Crippen molar-refractivity contribution >= 4 is 12.6 Å². The summed E-state index contributed by atoms with van der Waals surface area (Å²) >= 11 is 3.80. The van der Waals surface area contributed by atoms with Crippen LogP contribution >= 0.6 is 12.6 Å². The minimum atomic E-state index is 0.778. The molecule has 0 aliphatic carbocycles. The molecular formula is C8H11NS. The van der Waals surface area contributed by atoms with E-state index in [0.717, 1.165) is 5.75 Å². The first kappa shape index (κ1) is 9.24. The summed E-state index contributed by atoms with van der Waals surface area (Å²) in [5.74, 6) is 0.778. The molecule has 0 unspecified atom stereocenters. The Morgan fingerprint density at radius 2 is 1.80 bits per heavy atom. The van der Waals surface area contributed by atoms with Crippen molar-refractivity contribution in [2.75, 3.05) is 5.75 Å². The van der Waals surface area contributed by atoms with E-state index in [-0.39, 0.29) is 0 Å². The van der Waals surface area contributed by atoms with E-state index in [4.69, 9.17) is 0 Å². The second-order valence-corrected chi connectivity index (χ2v) is 1.86. The number of rotatable bonds is 1. The molecule has 2 heteroatoms. The van der Waals surface area contributed by atoms with Gasteiger partial charge in [0.2, 0.25) is 0 Å². The lowest BCUT2D eigenvalue weighted by Crippen LogP contribution is -1.58. The molecule has 0 fully saturated rings. The van der Waals surface area contributed by atoms with Gasteiger partial charge in [0, 0.05) is 18.1 Å². The second kappa shape index (κ2) is 8.24. The Labute approximate surface area is 67.2 Å². The Balaban J connectivity index is 0.000000180. The SMILES string of the molecule is C=CCS.c1ccncc1. The molecule has 0 bridgehead atoms. The molecule has 1 heterocycles. The molecular weight excluding hydrogens is 142 g/mol. The second-order valence-electron chi connectivity index (χ2n) is 1.50. The third kappa shape index (κ3) is 7.24. The van der Waals surface area contributed by atoms with Crippen molar-refractivity contribution in [1.82, 2.24) is 4.98 Å². The van der Waals surface area contributed by atoms with Gasteiger partial charge < -0.3 is 0 Å². The molecule has 54 valence electrons. The van der Waals surface area contributed by atoms with Crippen molar-refractivity contribution in [3.63, 3.8) is 0 Å². The van der Waals surface area contributed by atoms with Gasteiger partial charge in [-0.1, -0.05) is 12.1 Å². The summed E-state index contributed by atoms with van der Waals surface area (Å²) in [6, 6.07) is 5.72. The van der Waals surface area contributed by atoms with Crippen molar-refractivity contribution in [1.29, 1.82) is 0 Å². The van der Waals surface area contributed by atoms with Crippen LogP contribution in [0.3, 0.4) is 0 Å². The van der Waals surface area contributed by atoms with Crippen molar-refractivity contribution in [3.05, 3.63) is 43.2 Å². The Bertz CT molecular complexity index is 124. The molecule has 0 radical (unpaired) electrons. The standard InChI is InChI=1S/C5H5N.C3H6S/c1-2-4-6-5-3-1;1-2-3-4/h1-5H;2,4H,1,3H2. The fraction of sp³-hybridized carbons (Fsp3) is 0.125. The molecule has 0 saturated carbocycles. The van der Waals surface area contributed by atoms with Gasteiger partial charge in [-0.05, 0) is 12.1 Å². The third-order valence-corrected chi connectivity index (χ3v) is 0.954. The zero-order valence-electron chi connectivity index (χ0n) is 5.77. The summed E-state index contributed by atoms with van der Waals surface area (Å²) in [7, 11) is 0. The largest absolute Gasteiger partial charge is 0.265 e. The summed E-state index contributed by atoms with van der Waals surface area (Å²) in [4.78, 5) is 3.78. The Hall–Kier alpha value is -0.760. The number of hydrogen-bond acceptors (Lipinski definition) is 2. The molecule has 0 saturated heterocycles. The average Bonchev–Trinajstić information content (AvgIpc) is 2.08. The van der Waals surface area contributed by atoms with Crippen LogP contribution in [0.25, 0.3) is 0 Å². The molecule has 0 aliphatic heterocycles. The van der Waals surface area contributed by atoms with Crippen LogP contribution in [-0.2, 0) is 0 Å². The molecule has 0 aliphatic rings. The number of nitrogens with zero attached hydrogens (tertiary/aromatic N) is 1. The normalized spacial score (nSPS) is 7.30. The first-order valence-electron chi connectivity index (χ1n) is 2.98. The van der Waals surface area contributed by atoms with Gasteiger partial charge in [-0.15, -0.1) is 6.58 Å². The Morgan fingerprint density at radius 3 is 1.90 bits per heavy atom. The maximum atomic E-state index is 3.80. The van der Waals surface area contributed by atoms with Crippen LogP contribution in [0.5, 0.6) is 0 Å². The van der Waals surface area contributed by atoms with Gasteiger partial charge in [0.1, 0.15) is 0 Å². The molecule has 0 aromatic carbocycles. The number of pyridine rings is 1. The molecule has 1 aromatic heterocycles. The van der Waals surface area contributed by atoms with Crippen LogP contribution < -0.4 is 0 Å². The maximum absolute atomic E-state index is 3.80. The number of hydrogen-bond donors (Lipinski definition) is 1. The van der Waals surface area contributed by atoms with E-state index < -0.39 is 0 Å². The molecule has 10 heavy (non-hydrogen) atoms. The fourth-order valence-electron chi connectivity index (χ4n) is 0.313. The fourth-order valence-corrected chi connectivity index (χ4v) is 0.313. The van der Waals surface area contributed by atoms with Crippen LogP contribution in [0.15, 0.2) is 43.2 Å². The van der Waals surface area contributed by atoms with Gasteiger partial charge in [0.15, 0.2) is 0 Å².